The van der Waals surface area contributed by atoms with Crippen LogP contribution >= 0.6 is 11.6 Å². The molecule has 0 spiro atoms. The molecule has 1 heterocycles. The van der Waals surface area contributed by atoms with Gasteiger partial charge in [-0.05, 0) is 44.9 Å². The maximum absolute atomic E-state index is 12.8. The first kappa shape index (κ1) is 15.3. The smallest absolute Gasteiger partial charge is 0.230 e. The van der Waals surface area contributed by atoms with E-state index in [0.29, 0.717) is 5.02 Å². The number of nitrogens with one attached hydrogen (secondary N) is 1. The van der Waals surface area contributed by atoms with Crippen LogP contribution in [0.5, 0.6) is 0 Å². The van der Waals surface area contributed by atoms with Crippen molar-refractivity contribution in [1.82, 2.24) is 10.2 Å². The molecule has 1 aliphatic heterocycles. The third-order valence-corrected chi connectivity index (χ3v) is 4.71. The van der Waals surface area contributed by atoms with Gasteiger partial charge in [0.2, 0.25) is 5.91 Å². The molecular weight excluding hydrogens is 272 g/mol. The molecule has 2 atom stereocenters. The molecule has 1 saturated heterocycles. The molecule has 2 unspecified atom stereocenters. The second-order valence-corrected chi connectivity index (χ2v) is 6.36. The summed E-state index contributed by atoms with van der Waals surface area (Å²) >= 11 is 6.24. The van der Waals surface area contributed by atoms with E-state index in [1.807, 2.05) is 43.1 Å². The van der Waals surface area contributed by atoms with Crippen molar-refractivity contribution in [1.29, 1.82) is 0 Å². The Morgan fingerprint density at radius 1 is 1.45 bits per heavy atom. The lowest BCUT2D eigenvalue weighted by Crippen LogP contribution is -2.49. The van der Waals surface area contributed by atoms with Crippen molar-refractivity contribution in [3.05, 3.63) is 34.9 Å². The van der Waals surface area contributed by atoms with E-state index in [4.69, 9.17) is 11.6 Å². The first-order chi connectivity index (χ1) is 9.46. The molecule has 0 saturated carbocycles. The Hall–Kier alpha value is -1.06. The van der Waals surface area contributed by atoms with Crippen molar-refractivity contribution in [3.63, 3.8) is 0 Å². The van der Waals surface area contributed by atoms with Crippen LogP contribution in [0, 0.1) is 5.41 Å². The summed E-state index contributed by atoms with van der Waals surface area (Å²) in [5, 5.41) is 4.04. The van der Waals surface area contributed by atoms with E-state index in [9.17, 15) is 4.79 Å². The number of benzene rings is 1. The van der Waals surface area contributed by atoms with Gasteiger partial charge in [0.1, 0.15) is 0 Å². The Balaban J connectivity index is 2.16. The molecule has 4 heteroatoms. The van der Waals surface area contributed by atoms with E-state index < -0.39 is 0 Å². The number of rotatable bonds is 3. The summed E-state index contributed by atoms with van der Waals surface area (Å²) in [6, 6.07) is 7.70. The maximum atomic E-state index is 12.8. The van der Waals surface area contributed by atoms with Crippen LogP contribution in [0.2, 0.25) is 5.02 Å². The molecule has 110 valence electrons. The predicted molar refractivity (Wildman–Crippen MR) is 82.8 cm³/mol. The summed E-state index contributed by atoms with van der Waals surface area (Å²) in [7, 11) is 1.87. The molecule has 0 aliphatic carbocycles. The van der Waals surface area contributed by atoms with Crippen molar-refractivity contribution in [2.45, 2.75) is 32.7 Å². The van der Waals surface area contributed by atoms with Gasteiger partial charge in [-0.2, -0.15) is 0 Å². The highest BCUT2D eigenvalue weighted by Crippen LogP contribution is 2.32. The zero-order valence-corrected chi connectivity index (χ0v) is 13.2. The Labute approximate surface area is 126 Å². The van der Waals surface area contributed by atoms with Gasteiger partial charge in [0.15, 0.2) is 0 Å². The molecule has 0 radical (unpaired) electrons. The largest absolute Gasteiger partial charge is 0.338 e. The van der Waals surface area contributed by atoms with Gasteiger partial charge in [0.25, 0.3) is 0 Å². The van der Waals surface area contributed by atoms with Crippen LogP contribution in [0.25, 0.3) is 0 Å². The molecule has 1 N–H and O–H groups in total. The van der Waals surface area contributed by atoms with Gasteiger partial charge in [-0.25, -0.2) is 0 Å². The Bertz CT molecular complexity index is 483. The van der Waals surface area contributed by atoms with E-state index in [-0.39, 0.29) is 17.4 Å². The number of hydrogen-bond donors (Lipinski definition) is 1. The van der Waals surface area contributed by atoms with E-state index in [2.05, 4.69) is 12.2 Å². The normalized spacial score (nSPS) is 24.2. The Kier molecular flexibility index (Phi) is 4.71. The van der Waals surface area contributed by atoms with Gasteiger partial charge in [0, 0.05) is 18.6 Å². The highest BCUT2D eigenvalue weighted by molar-refractivity contribution is 6.31. The second kappa shape index (κ2) is 6.15. The molecular formula is C16H23ClN2O. The first-order valence-corrected chi connectivity index (χ1v) is 7.56. The van der Waals surface area contributed by atoms with Crippen LogP contribution in [0.3, 0.4) is 0 Å². The molecule has 1 fully saturated rings. The summed E-state index contributed by atoms with van der Waals surface area (Å²) in [4.78, 5) is 14.6. The van der Waals surface area contributed by atoms with Crippen LogP contribution in [-0.2, 0) is 4.79 Å². The van der Waals surface area contributed by atoms with E-state index >= 15 is 0 Å². The minimum absolute atomic E-state index is 0.0186. The maximum Gasteiger partial charge on any atom is 0.230 e. The Morgan fingerprint density at radius 2 is 2.15 bits per heavy atom. The minimum Gasteiger partial charge on any atom is -0.338 e. The first-order valence-electron chi connectivity index (χ1n) is 7.18. The van der Waals surface area contributed by atoms with Crippen molar-refractivity contribution >= 4 is 17.5 Å². The third kappa shape index (κ3) is 2.99. The number of halogens is 1. The van der Waals surface area contributed by atoms with Gasteiger partial charge in [-0.1, -0.05) is 29.8 Å². The molecule has 1 aromatic rings. The minimum atomic E-state index is -0.303. The number of hydrogen-bond acceptors (Lipinski definition) is 2. The predicted octanol–water partition coefficient (Wildman–Crippen LogP) is 3.25. The summed E-state index contributed by atoms with van der Waals surface area (Å²) in [6.07, 6.45) is 2.00. The third-order valence-electron chi connectivity index (χ3n) is 4.37. The number of carbonyl (C=O) groups is 1. The zero-order chi connectivity index (χ0) is 14.8. The summed E-state index contributed by atoms with van der Waals surface area (Å²) in [5.41, 5.74) is 0.695. The quantitative estimate of drug-likeness (QED) is 0.928. The van der Waals surface area contributed by atoms with Crippen LogP contribution in [0.1, 0.15) is 38.3 Å². The monoisotopic (exact) mass is 294 g/mol. The highest BCUT2D eigenvalue weighted by Gasteiger charge is 2.38. The molecule has 0 bridgehead atoms. The molecule has 1 aliphatic rings. The lowest BCUT2D eigenvalue weighted by molar-refractivity contribution is -0.142. The fourth-order valence-corrected chi connectivity index (χ4v) is 3.16. The molecule has 3 nitrogen and oxygen atoms in total. The van der Waals surface area contributed by atoms with Crippen LogP contribution in [0.15, 0.2) is 24.3 Å². The van der Waals surface area contributed by atoms with Crippen molar-refractivity contribution in [3.8, 4) is 0 Å². The molecule has 1 aromatic carbocycles. The number of amides is 1. The highest BCUT2D eigenvalue weighted by atomic mass is 35.5. The van der Waals surface area contributed by atoms with Gasteiger partial charge in [-0.3, -0.25) is 4.79 Å². The zero-order valence-electron chi connectivity index (χ0n) is 12.4. The lowest BCUT2D eigenvalue weighted by Gasteiger charge is -2.38. The summed E-state index contributed by atoms with van der Waals surface area (Å²) in [6.45, 7) is 5.84. The molecule has 1 amide bonds. The van der Waals surface area contributed by atoms with Crippen LogP contribution in [-0.4, -0.2) is 30.9 Å². The topological polar surface area (TPSA) is 32.3 Å². The average Bonchev–Trinajstić information content (AvgIpc) is 2.46. The Morgan fingerprint density at radius 3 is 2.75 bits per heavy atom. The van der Waals surface area contributed by atoms with Gasteiger partial charge in [0.05, 0.1) is 11.5 Å². The lowest BCUT2D eigenvalue weighted by atomic mass is 9.81. The average molecular weight is 295 g/mol. The van der Waals surface area contributed by atoms with Crippen LogP contribution in [0.4, 0.5) is 0 Å². The van der Waals surface area contributed by atoms with Crippen molar-refractivity contribution < 1.29 is 4.79 Å². The molecule has 20 heavy (non-hydrogen) atoms. The van der Waals surface area contributed by atoms with Gasteiger partial charge >= 0.3 is 0 Å². The van der Waals surface area contributed by atoms with Gasteiger partial charge in [-0.15, -0.1) is 0 Å². The fraction of sp³-hybridized carbons (Fsp3) is 0.562. The molecule has 0 aromatic heterocycles. The van der Waals surface area contributed by atoms with Crippen molar-refractivity contribution in [2.24, 2.45) is 5.41 Å². The summed E-state index contributed by atoms with van der Waals surface area (Å²) < 4.78 is 0. The second-order valence-electron chi connectivity index (χ2n) is 5.95. The fourth-order valence-electron chi connectivity index (χ4n) is 2.86. The molecule has 2 rings (SSSR count). The number of carbonyl (C=O) groups excluding carboxylic acids is 1. The van der Waals surface area contributed by atoms with E-state index in [1.54, 1.807) is 0 Å². The van der Waals surface area contributed by atoms with E-state index in [1.165, 1.54) is 0 Å². The van der Waals surface area contributed by atoms with Gasteiger partial charge < -0.3 is 10.2 Å². The van der Waals surface area contributed by atoms with Crippen LogP contribution < -0.4 is 5.32 Å². The summed E-state index contributed by atoms with van der Waals surface area (Å²) in [5.74, 6) is 0.192. The number of nitrogens with zero attached hydrogens (tertiary/aromatic N) is 1. The van der Waals surface area contributed by atoms with E-state index in [0.717, 1.165) is 31.5 Å². The SMILES string of the molecule is CC(c1ccccc1Cl)N(C)C(=O)C1(C)CCCNC1. The number of piperidine rings is 1. The van der Waals surface area contributed by atoms with Crippen molar-refractivity contribution in [2.75, 3.05) is 20.1 Å². The standard InChI is InChI=1S/C16H23ClN2O/c1-12(13-7-4-5-8-14(13)17)19(3)15(20)16(2)9-6-10-18-11-16/h4-5,7-8,12,18H,6,9-11H2,1-3H3.